The van der Waals surface area contributed by atoms with Gasteiger partial charge in [-0.1, -0.05) is 97.1 Å². The summed E-state index contributed by atoms with van der Waals surface area (Å²) < 4.78 is 14.2. The Balaban J connectivity index is 0.853. The summed E-state index contributed by atoms with van der Waals surface area (Å²) in [7, 11) is 0. The van der Waals surface area contributed by atoms with Gasteiger partial charge in [-0.2, -0.15) is 0 Å². The molecule has 3 heterocycles. The molecule has 0 spiro atoms. The third-order valence-corrected chi connectivity index (χ3v) is 19.2. The van der Waals surface area contributed by atoms with Gasteiger partial charge in [-0.15, -0.1) is 0 Å². The zero-order chi connectivity index (χ0) is 51.7. The maximum atomic E-state index is 7.09. The highest BCUT2D eigenvalue weighted by atomic mass is 16.3. The van der Waals surface area contributed by atoms with Crippen molar-refractivity contribution < 1.29 is 8.83 Å². The van der Waals surface area contributed by atoms with Crippen LogP contribution in [0.15, 0.2) is 179 Å². The van der Waals surface area contributed by atoms with Crippen LogP contribution in [0, 0.1) is 0 Å². The summed E-state index contributed by atoms with van der Waals surface area (Å²) in [4.78, 5) is 3.84. The third kappa shape index (κ3) is 7.38. The average molecular weight is 1020 g/mol. The van der Waals surface area contributed by atoms with Crippen molar-refractivity contribution in [3.8, 4) is 66.8 Å². The third-order valence-electron chi connectivity index (χ3n) is 19.2. The maximum Gasteiger partial charge on any atom is 0.143 e. The molecular weight excluding hydrogens is 959 g/mol. The van der Waals surface area contributed by atoms with E-state index in [2.05, 4.69) is 175 Å². The Labute approximate surface area is 460 Å². The van der Waals surface area contributed by atoms with Gasteiger partial charge in [0, 0.05) is 54.5 Å². The molecule has 0 saturated carbocycles. The van der Waals surface area contributed by atoms with Gasteiger partial charge >= 0.3 is 0 Å². The molecule has 10 aromatic carbocycles. The molecule has 382 valence electrons. The van der Waals surface area contributed by atoms with E-state index in [0.717, 1.165) is 94.1 Å². The van der Waals surface area contributed by atoms with Crippen LogP contribution in [-0.4, -0.2) is 4.98 Å². The molecule has 0 saturated heterocycles. The summed E-state index contributed by atoms with van der Waals surface area (Å²) in [5.74, 6) is 0. The van der Waals surface area contributed by atoms with E-state index in [1.807, 2.05) is 0 Å². The normalized spacial score (nSPS) is 15.3. The van der Waals surface area contributed by atoms with Gasteiger partial charge < -0.3 is 13.8 Å². The molecule has 3 heteroatoms. The van der Waals surface area contributed by atoms with Gasteiger partial charge in [-0.05, 0) is 276 Å². The first-order valence-corrected chi connectivity index (χ1v) is 29.6. The van der Waals surface area contributed by atoms with Gasteiger partial charge in [0.25, 0.3) is 0 Å². The van der Waals surface area contributed by atoms with Crippen LogP contribution in [0.4, 0.5) is 0 Å². The lowest BCUT2D eigenvalue weighted by Gasteiger charge is -2.20. The Hall–Kier alpha value is -8.40. The number of nitrogens with one attached hydrogen (secondary N) is 1. The molecule has 0 bridgehead atoms. The van der Waals surface area contributed by atoms with Crippen molar-refractivity contribution in [1.82, 2.24) is 4.98 Å². The molecule has 1 N–H and O–H groups in total. The number of benzene rings is 10. The molecule has 3 aromatic heterocycles. The molecule has 3 nitrogen and oxygen atoms in total. The van der Waals surface area contributed by atoms with Gasteiger partial charge in [0.05, 0.1) is 0 Å². The van der Waals surface area contributed by atoms with E-state index in [0.29, 0.717) is 0 Å². The van der Waals surface area contributed by atoms with Crippen LogP contribution >= 0.6 is 0 Å². The molecule has 0 aliphatic heterocycles. The maximum absolute atomic E-state index is 7.09. The van der Waals surface area contributed by atoms with Gasteiger partial charge in [0.2, 0.25) is 0 Å². The second-order valence-corrected chi connectivity index (χ2v) is 23.7. The van der Waals surface area contributed by atoms with Crippen molar-refractivity contribution in [2.45, 2.75) is 103 Å². The number of fused-ring (bicyclic) bond motifs is 13. The summed E-state index contributed by atoms with van der Waals surface area (Å²) in [5.41, 5.74) is 33.1. The summed E-state index contributed by atoms with van der Waals surface area (Å²) >= 11 is 0. The van der Waals surface area contributed by atoms with Crippen molar-refractivity contribution in [1.29, 1.82) is 0 Å². The van der Waals surface area contributed by atoms with E-state index in [9.17, 15) is 0 Å². The van der Waals surface area contributed by atoms with E-state index in [1.54, 1.807) is 0 Å². The predicted octanol–water partition coefficient (Wildman–Crippen LogP) is 20.6. The number of aromatic nitrogens is 1. The van der Waals surface area contributed by atoms with Crippen molar-refractivity contribution in [2.24, 2.45) is 0 Å². The summed E-state index contributed by atoms with van der Waals surface area (Å²) in [5, 5.41) is 7.10. The fourth-order valence-corrected chi connectivity index (χ4v) is 15.3. The highest BCUT2D eigenvalue weighted by molar-refractivity contribution is 6.16. The zero-order valence-electron chi connectivity index (χ0n) is 44.8. The van der Waals surface area contributed by atoms with E-state index in [1.165, 1.54) is 186 Å². The topological polar surface area (TPSA) is 42.1 Å². The number of H-pyrrole nitrogens is 1. The summed E-state index contributed by atoms with van der Waals surface area (Å²) in [6, 6.07) is 65.4. The SMILES string of the molecule is c1cc2c(c(-c3ccc4oc5c(-c6ccc7[nH]c8ccc(-c9cc(-c%10cccc%11c%10CCCC%11)cc%10c9oc9ccc(-c%11cccc%12c%11CCCC%12)cc9%10)cc8c7c6)cc(-c6cccc7c6CCCC7)cc5c4c3)c1)CCCC2. The Kier molecular flexibility index (Phi) is 10.4. The Morgan fingerprint density at radius 3 is 0.962 bits per heavy atom. The smallest absolute Gasteiger partial charge is 0.143 e. The quantitative estimate of drug-likeness (QED) is 0.180. The molecule has 17 rings (SSSR count). The molecular formula is C76H61NO2. The van der Waals surface area contributed by atoms with Crippen LogP contribution in [0.25, 0.3) is 132 Å². The van der Waals surface area contributed by atoms with Crippen molar-refractivity contribution in [3.63, 3.8) is 0 Å². The monoisotopic (exact) mass is 1020 g/mol. The number of hydrogen-bond donors (Lipinski definition) is 1. The van der Waals surface area contributed by atoms with E-state index >= 15 is 0 Å². The number of aryl methyl sites for hydroxylation is 4. The summed E-state index contributed by atoms with van der Waals surface area (Å²) in [6.07, 6.45) is 19.2. The van der Waals surface area contributed by atoms with E-state index < -0.39 is 0 Å². The lowest BCUT2D eigenvalue weighted by molar-refractivity contribution is 0.669. The van der Waals surface area contributed by atoms with Gasteiger partial charge in [0.15, 0.2) is 0 Å². The summed E-state index contributed by atoms with van der Waals surface area (Å²) in [6.45, 7) is 0. The molecule has 79 heavy (non-hydrogen) atoms. The molecule has 0 atom stereocenters. The lowest BCUT2D eigenvalue weighted by atomic mass is 9.84. The Bertz CT molecular complexity index is 4390. The first-order chi connectivity index (χ1) is 39.1. The van der Waals surface area contributed by atoms with Crippen LogP contribution < -0.4 is 0 Å². The lowest BCUT2D eigenvalue weighted by Crippen LogP contribution is -2.04. The molecule has 0 fully saturated rings. The number of aromatic amines is 1. The predicted molar refractivity (Wildman–Crippen MR) is 330 cm³/mol. The van der Waals surface area contributed by atoms with Gasteiger partial charge in [-0.25, -0.2) is 0 Å². The van der Waals surface area contributed by atoms with E-state index in [4.69, 9.17) is 8.83 Å². The molecule has 13 aromatic rings. The van der Waals surface area contributed by atoms with Crippen LogP contribution in [-0.2, 0) is 51.4 Å². The minimum atomic E-state index is 0.931. The van der Waals surface area contributed by atoms with Crippen LogP contribution in [0.2, 0.25) is 0 Å². The number of rotatable bonds is 6. The number of hydrogen-bond acceptors (Lipinski definition) is 2. The first-order valence-electron chi connectivity index (χ1n) is 29.6. The highest BCUT2D eigenvalue weighted by Crippen LogP contribution is 2.47. The second kappa shape index (κ2) is 18.1. The molecule has 0 unspecified atom stereocenters. The van der Waals surface area contributed by atoms with Crippen molar-refractivity contribution in [3.05, 3.63) is 214 Å². The molecule has 4 aliphatic carbocycles. The minimum Gasteiger partial charge on any atom is -0.455 e. The standard InChI is InChI=1S/C76H61NO2/c1-5-21-55-45(13-1)17-9-25-59(55)49-31-35-73-67(39-49)69-43-53(61-27-11-19-47-15-3-7-23-57(47)61)41-63(75(69)78-73)51-29-33-71-65(37-51)66-38-52(30-34-72(66)77-71)64-42-54(62-28-12-20-48-16-4-8-24-58(48)62)44-70-68-40-50(32-36-74(68)79-76(64)70)60-26-10-18-46-14-2-6-22-56(46)60/h9-12,17-20,25-44,77H,1-8,13-16,21-24H2. The average Bonchev–Trinajstić information content (AvgIpc) is 4.24. The van der Waals surface area contributed by atoms with Gasteiger partial charge in [-0.3, -0.25) is 0 Å². The van der Waals surface area contributed by atoms with Crippen molar-refractivity contribution >= 4 is 65.7 Å². The van der Waals surface area contributed by atoms with E-state index in [-0.39, 0.29) is 0 Å². The molecule has 4 aliphatic rings. The minimum absolute atomic E-state index is 0.931. The largest absolute Gasteiger partial charge is 0.455 e. The zero-order valence-corrected chi connectivity index (χ0v) is 44.8. The molecule has 0 radical (unpaired) electrons. The van der Waals surface area contributed by atoms with Crippen LogP contribution in [0.1, 0.15) is 95.9 Å². The van der Waals surface area contributed by atoms with Gasteiger partial charge in [0.1, 0.15) is 22.3 Å². The van der Waals surface area contributed by atoms with Crippen LogP contribution in [0.3, 0.4) is 0 Å². The fraction of sp³-hybridized carbons (Fsp3) is 0.211. The fourth-order valence-electron chi connectivity index (χ4n) is 15.3. The second-order valence-electron chi connectivity index (χ2n) is 23.7. The Morgan fingerprint density at radius 2 is 0.570 bits per heavy atom. The van der Waals surface area contributed by atoms with Crippen molar-refractivity contribution in [2.75, 3.05) is 0 Å². The highest BCUT2D eigenvalue weighted by Gasteiger charge is 2.25. The molecule has 0 amide bonds. The Morgan fingerprint density at radius 1 is 0.253 bits per heavy atom. The first kappa shape index (κ1) is 45.6. The van der Waals surface area contributed by atoms with Crippen LogP contribution in [0.5, 0.6) is 0 Å². The number of furan rings is 2.